The Labute approximate surface area is 52.4 Å². The topological polar surface area (TPSA) is 63.6 Å². The van der Waals surface area contributed by atoms with Gasteiger partial charge in [-0.3, -0.25) is 4.79 Å². The summed E-state index contributed by atoms with van der Waals surface area (Å²) in [5.41, 5.74) is 0. The Morgan fingerprint density at radius 2 is 2.00 bits per heavy atom. The molecule has 0 spiro atoms. The summed E-state index contributed by atoms with van der Waals surface area (Å²) in [6.45, 7) is 2.32. The lowest BCUT2D eigenvalue weighted by atomic mass is 10.4. The molecule has 52 valence electrons. The van der Waals surface area contributed by atoms with Crippen LogP contribution in [0.3, 0.4) is 0 Å². The van der Waals surface area contributed by atoms with Crippen molar-refractivity contribution in [2.45, 2.75) is 20.0 Å². The smallest absolute Gasteiger partial charge is 0.342 e. The van der Waals surface area contributed by atoms with Gasteiger partial charge in [0, 0.05) is 6.92 Å². The number of rotatable bonds is 1. The van der Waals surface area contributed by atoms with E-state index in [2.05, 4.69) is 4.74 Å². The van der Waals surface area contributed by atoms with Gasteiger partial charge >= 0.3 is 11.9 Å². The fourth-order valence-electron chi connectivity index (χ4n) is 0.227. The Morgan fingerprint density at radius 3 is 2.11 bits per heavy atom. The zero-order valence-corrected chi connectivity index (χ0v) is 5.25. The number of esters is 2. The molecule has 1 atom stereocenters. The second-order valence-corrected chi connectivity index (χ2v) is 1.59. The molecular formula is C5H8O4. The number of carbonyl (C=O) groups is 2. The van der Waals surface area contributed by atoms with Crippen LogP contribution in [0.15, 0.2) is 0 Å². The van der Waals surface area contributed by atoms with Gasteiger partial charge in [-0.25, -0.2) is 4.79 Å². The van der Waals surface area contributed by atoms with Crippen molar-refractivity contribution < 1.29 is 19.4 Å². The van der Waals surface area contributed by atoms with Gasteiger partial charge in [-0.2, -0.15) is 0 Å². The van der Waals surface area contributed by atoms with E-state index in [1.807, 2.05) is 0 Å². The van der Waals surface area contributed by atoms with Gasteiger partial charge in [-0.1, -0.05) is 0 Å². The van der Waals surface area contributed by atoms with E-state index in [1.165, 1.54) is 6.92 Å². The molecule has 0 rings (SSSR count). The SMILES string of the molecule is CC(=O)OC(=O)C(C)O. The average molecular weight is 132 g/mol. The Hall–Kier alpha value is -0.900. The minimum Gasteiger partial charge on any atom is -0.391 e. The molecule has 0 aromatic rings. The van der Waals surface area contributed by atoms with Crippen LogP contribution < -0.4 is 0 Å². The first-order chi connectivity index (χ1) is 4.04. The molecule has 1 N–H and O–H groups in total. The number of hydrogen-bond donors (Lipinski definition) is 1. The molecule has 0 radical (unpaired) electrons. The second kappa shape index (κ2) is 3.19. The highest BCUT2D eigenvalue weighted by Gasteiger charge is 2.11. The average Bonchev–Trinajstić information content (AvgIpc) is 1.63. The first kappa shape index (κ1) is 8.10. The minimum atomic E-state index is -1.23. The summed E-state index contributed by atoms with van der Waals surface area (Å²) in [4.78, 5) is 20.3. The van der Waals surface area contributed by atoms with Crippen molar-refractivity contribution in [3.05, 3.63) is 0 Å². The zero-order chi connectivity index (χ0) is 7.44. The van der Waals surface area contributed by atoms with Crippen LogP contribution in [-0.2, 0) is 14.3 Å². The minimum absolute atomic E-state index is 0.707. The third kappa shape index (κ3) is 3.66. The molecule has 9 heavy (non-hydrogen) atoms. The fourth-order valence-corrected chi connectivity index (χ4v) is 0.227. The normalized spacial score (nSPS) is 12.3. The lowest BCUT2D eigenvalue weighted by Gasteiger charge is -1.99. The van der Waals surface area contributed by atoms with Crippen LogP contribution >= 0.6 is 0 Å². The highest BCUT2D eigenvalue weighted by atomic mass is 16.6. The summed E-state index contributed by atoms with van der Waals surface area (Å²) in [6, 6.07) is 0. The molecule has 0 aromatic heterocycles. The van der Waals surface area contributed by atoms with Gasteiger partial charge in [0.2, 0.25) is 0 Å². The Balaban J connectivity index is 3.64. The predicted molar refractivity (Wildman–Crippen MR) is 28.5 cm³/mol. The van der Waals surface area contributed by atoms with E-state index >= 15 is 0 Å². The molecule has 0 aromatic carbocycles. The summed E-state index contributed by atoms with van der Waals surface area (Å²) in [7, 11) is 0. The number of hydrogen-bond acceptors (Lipinski definition) is 4. The molecule has 1 unspecified atom stereocenters. The van der Waals surface area contributed by atoms with Gasteiger partial charge in [0.1, 0.15) is 6.10 Å². The van der Waals surface area contributed by atoms with Gasteiger partial charge in [-0.15, -0.1) is 0 Å². The number of aliphatic hydroxyl groups excluding tert-OH is 1. The van der Waals surface area contributed by atoms with E-state index in [1.54, 1.807) is 0 Å². The quantitative estimate of drug-likeness (QED) is 0.384. The van der Waals surface area contributed by atoms with Gasteiger partial charge in [-0.05, 0) is 6.92 Å². The van der Waals surface area contributed by atoms with Crippen molar-refractivity contribution in [2.75, 3.05) is 0 Å². The van der Waals surface area contributed by atoms with Crippen LogP contribution in [0.25, 0.3) is 0 Å². The van der Waals surface area contributed by atoms with E-state index in [0.29, 0.717) is 0 Å². The molecular weight excluding hydrogens is 124 g/mol. The Kier molecular flexibility index (Phi) is 2.87. The summed E-state index contributed by atoms with van der Waals surface area (Å²) >= 11 is 0. The Morgan fingerprint density at radius 1 is 1.56 bits per heavy atom. The van der Waals surface area contributed by atoms with E-state index in [-0.39, 0.29) is 0 Å². The van der Waals surface area contributed by atoms with Gasteiger partial charge in [0.25, 0.3) is 0 Å². The molecule has 4 nitrogen and oxygen atoms in total. The Bertz CT molecular complexity index is 127. The number of carbonyl (C=O) groups excluding carboxylic acids is 2. The molecule has 0 heterocycles. The third-order valence-electron chi connectivity index (χ3n) is 0.585. The number of aliphatic hydroxyl groups is 1. The van der Waals surface area contributed by atoms with Crippen LogP contribution in [0.2, 0.25) is 0 Å². The van der Waals surface area contributed by atoms with Crippen molar-refractivity contribution in [3.8, 4) is 0 Å². The predicted octanol–water partition coefficient (Wildman–Crippen LogP) is -0.543. The molecule has 0 fully saturated rings. The van der Waals surface area contributed by atoms with Crippen LogP contribution in [0.4, 0.5) is 0 Å². The van der Waals surface area contributed by atoms with Crippen LogP contribution in [0.1, 0.15) is 13.8 Å². The molecule has 0 amide bonds. The van der Waals surface area contributed by atoms with Crippen molar-refractivity contribution >= 4 is 11.9 Å². The maximum Gasteiger partial charge on any atom is 0.342 e. The third-order valence-corrected chi connectivity index (χ3v) is 0.585. The molecule has 0 saturated carbocycles. The van der Waals surface area contributed by atoms with Crippen LogP contribution in [0.5, 0.6) is 0 Å². The first-order valence-corrected chi connectivity index (χ1v) is 2.44. The maximum atomic E-state index is 10.3. The highest BCUT2D eigenvalue weighted by molar-refractivity contribution is 5.86. The van der Waals surface area contributed by atoms with Gasteiger partial charge in [0.05, 0.1) is 0 Å². The zero-order valence-electron chi connectivity index (χ0n) is 5.25. The van der Waals surface area contributed by atoms with E-state index in [0.717, 1.165) is 6.92 Å². The van der Waals surface area contributed by atoms with Crippen LogP contribution in [-0.4, -0.2) is 23.1 Å². The van der Waals surface area contributed by atoms with Crippen LogP contribution in [0, 0.1) is 0 Å². The lowest BCUT2D eigenvalue weighted by molar-refractivity contribution is -0.163. The molecule has 0 saturated heterocycles. The molecule has 0 bridgehead atoms. The summed E-state index contributed by atoms with van der Waals surface area (Å²) < 4.78 is 3.98. The van der Waals surface area contributed by atoms with Crippen molar-refractivity contribution in [2.24, 2.45) is 0 Å². The molecule has 0 aliphatic rings. The highest BCUT2D eigenvalue weighted by Crippen LogP contribution is 1.85. The van der Waals surface area contributed by atoms with Gasteiger partial charge in [0.15, 0.2) is 0 Å². The lowest BCUT2D eigenvalue weighted by Crippen LogP contribution is -2.21. The monoisotopic (exact) mass is 132 g/mol. The summed E-state index contributed by atoms with van der Waals surface area (Å²) in [5.74, 6) is -1.62. The van der Waals surface area contributed by atoms with Crippen molar-refractivity contribution in [1.29, 1.82) is 0 Å². The number of ether oxygens (including phenoxy) is 1. The maximum absolute atomic E-state index is 10.3. The van der Waals surface area contributed by atoms with E-state index in [9.17, 15) is 9.59 Å². The van der Waals surface area contributed by atoms with Crippen molar-refractivity contribution in [3.63, 3.8) is 0 Å². The van der Waals surface area contributed by atoms with E-state index < -0.39 is 18.0 Å². The molecule has 4 heteroatoms. The second-order valence-electron chi connectivity index (χ2n) is 1.59. The van der Waals surface area contributed by atoms with Crippen molar-refractivity contribution in [1.82, 2.24) is 0 Å². The standard InChI is InChI=1S/C5H8O4/c1-3(6)5(8)9-4(2)7/h3,6H,1-2H3. The fraction of sp³-hybridized carbons (Fsp3) is 0.600. The molecule has 0 aliphatic carbocycles. The summed E-state index contributed by atoms with van der Waals surface area (Å²) in [6.07, 6.45) is -1.23. The largest absolute Gasteiger partial charge is 0.391 e. The van der Waals surface area contributed by atoms with Gasteiger partial charge < -0.3 is 9.84 Å². The molecule has 0 aliphatic heterocycles. The summed E-state index contributed by atoms with van der Waals surface area (Å²) in [5, 5.41) is 8.44. The first-order valence-electron chi connectivity index (χ1n) is 2.44. The van der Waals surface area contributed by atoms with E-state index in [4.69, 9.17) is 5.11 Å².